The number of likely N-dealkylation sites (tertiary alicyclic amines) is 1. The highest BCUT2D eigenvalue weighted by Gasteiger charge is 2.32. The molecule has 2 fully saturated rings. The van der Waals surface area contributed by atoms with E-state index in [1.54, 1.807) is 6.07 Å². The molecule has 0 aliphatic carbocycles. The number of anilines is 1. The van der Waals surface area contributed by atoms with Crippen LogP contribution in [0.25, 0.3) is 0 Å². The lowest BCUT2D eigenvalue weighted by molar-refractivity contribution is 0.153. The van der Waals surface area contributed by atoms with Crippen molar-refractivity contribution in [3.8, 4) is 6.07 Å². The summed E-state index contributed by atoms with van der Waals surface area (Å²) in [6, 6.07) is 7.41. The van der Waals surface area contributed by atoms with Crippen molar-refractivity contribution >= 4 is 5.69 Å². The molecule has 3 rings (SSSR count). The molecule has 0 radical (unpaired) electrons. The van der Waals surface area contributed by atoms with Gasteiger partial charge < -0.3 is 10.0 Å². The zero-order valence-corrected chi connectivity index (χ0v) is 12.7. The summed E-state index contributed by atoms with van der Waals surface area (Å²) in [6.07, 6.45) is 4.29. The third-order valence-electron chi connectivity index (χ3n) is 4.95. The number of aliphatic hydroxyl groups excluding tert-OH is 1. The molecule has 0 saturated carbocycles. The number of nitrogens with zero attached hydrogens (tertiary/aromatic N) is 3. The van der Waals surface area contributed by atoms with Gasteiger partial charge in [-0.25, -0.2) is 4.39 Å². The Kier molecular flexibility index (Phi) is 4.60. The topological polar surface area (TPSA) is 50.5 Å². The highest BCUT2D eigenvalue weighted by molar-refractivity contribution is 5.61. The average molecular weight is 303 g/mol. The summed E-state index contributed by atoms with van der Waals surface area (Å²) in [4.78, 5) is 4.52. The number of halogens is 1. The molecule has 0 aromatic heterocycles. The second-order valence-electron chi connectivity index (χ2n) is 6.21. The number of benzene rings is 1. The summed E-state index contributed by atoms with van der Waals surface area (Å²) in [6.45, 7) is 2.97. The van der Waals surface area contributed by atoms with E-state index in [4.69, 9.17) is 0 Å². The number of rotatable bonds is 4. The Morgan fingerprint density at radius 1 is 1.23 bits per heavy atom. The Bertz CT molecular complexity index is 572. The van der Waals surface area contributed by atoms with Crippen LogP contribution in [0.15, 0.2) is 18.2 Å². The van der Waals surface area contributed by atoms with Crippen LogP contribution in [0.4, 0.5) is 10.1 Å². The summed E-state index contributed by atoms with van der Waals surface area (Å²) >= 11 is 0. The molecule has 0 amide bonds. The molecule has 1 N–H and O–H groups in total. The predicted molar refractivity (Wildman–Crippen MR) is 83.2 cm³/mol. The van der Waals surface area contributed by atoms with Crippen LogP contribution in [-0.4, -0.2) is 48.3 Å². The number of hydrogen-bond donors (Lipinski definition) is 1. The smallest absolute Gasteiger partial charge is 0.143 e. The maximum atomic E-state index is 13.9. The largest absolute Gasteiger partial charge is 0.395 e. The highest BCUT2D eigenvalue weighted by atomic mass is 19.1. The predicted octanol–water partition coefficient (Wildman–Crippen LogP) is 2.12. The van der Waals surface area contributed by atoms with E-state index in [0.717, 1.165) is 45.3 Å². The first-order chi connectivity index (χ1) is 10.7. The van der Waals surface area contributed by atoms with Crippen molar-refractivity contribution in [1.82, 2.24) is 4.90 Å². The zero-order chi connectivity index (χ0) is 15.5. The monoisotopic (exact) mass is 303 g/mol. The highest BCUT2D eigenvalue weighted by Crippen LogP contribution is 2.31. The first-order valence-electron chi connectivity index (χ1n) is 8.04. The molecule has 2 aliphatic rings. The fraction of sp³-hybridized carbons (Fsp3) is 0.588. The minimum atomic E-state index is -0.444. The van der Waals surface area contributed by atoms with Gasteiger partial charge in [-0.05, 0) is 44.4 Å². The van der Waals surface area contributed by atoms with Crippen LogP contribution in [0.5, 0.6) is 0 Å². The van der Waals surface area contributed by atoms with Crippen molar-refractivity contribution in [2.75, 3.05) is 31.1 Å². The van der Waals surface area contributed by atoms with Crippen LogP contribution >= 0.6 is 0 Å². The lowest BCUT2D eigenvalue weighted by Crippen LogP contribution is -2.43. The molecule has 22 heavy (non-hydrogen) atoms. The molecule has 1 aromatic rings. The van der Waals surface area contributed by atoms with Gasteiger partial charge in [0.2, 0.25) is 0 Å². The van der Waals surface area contributed by atoms with E-state index in [1.807, 2.05) is 12.1 Å². The molecule has 118 valence electrons. The van der Waals surface area contributed by atoms with Crippen molar-refractivity contribution < 1.29 is 9.50 Å². The van der Waals surface area contributed by atoms with Gasteiger partial charge in [0.1, 0.15) is 17.4 Å². The van der Waals surface area contributed by atoms with Crippen molar-refractivity contribution in [2.24, 2.45) is 0 Å². The van der Waals surface area contributed by atoms with Crippen LogP contribution in [-0.2, 0) is 0 Å². The van der Waals surface area contributed by atoms with Crippen LogP contribution in [0, 0.1) is 17.1 Å². The number of aliphatic hydroxyl groups is 1. The van der Waals surface area contributed by atoms with E-state index < -0.39 is 5.82 Å². The Hall–Kier alpha value is -1.64. The molecule has 0 spiro atoms. The van der Waals surface area contributed by atoms with Crippen LogP contribution in [0.3, 0.4) is 0 Å². The Balaban J connectivity index is 1.79. The van der Waals surface area contributed by atoms with Crippen molar-refractivity contribution in [3.63, 3.8) is 0 Å². The van der Waals surface area contributed by atoms with E-state index in [2.05, 4.69) is 9.80 Å². The summed E-state index contributed by atoms with van der Waals surface area (Å²) < 4.78 is 13.9. The maximum Gasteiger partial charge on any atom is 0.143 e. The first-order valence-corrected chi connectivity index (χ1v) is 8.04. The van der Waals surface area contributed by atoms with Crippen LogP contribution < -0.4 is 4.90 Å². The van der Waals surface area contributed by atoms with Gasteiger partial charge in [0, 0.05) is 25.2 Å². The minimum Gasteiger partial charge on any atom is -0.395 e. The fourth-order valence-corrected chi connectivity index (χ4v) is 3.82. The SMILES string of the molecule is N#Cc1c(F)cccc1N1CCC[C@H]1CN1CCC[C@@H]1CO. The standard InChI is InChI=1S/C17H22FN3O/c18-16-6-1-7-17(15(16)10-19)21-9-3-4-13(21)11-20-8-2-5-14(20)12-22/h1,6-7,13-14,22H,2-5,8-9,11-12H2/t13-,14+/m0/s1. The van der Waals surface area contributed by atoms with Crippen molar-refractivity contribution in [3.05, 3.63) is 29.6 Å². The second-order valence-corrected chi connectivity index (χ2v) is 6.21. The van der Waals surface area contributed by atoms with Gasteiger partial charge in [-0.15, -0.1) is 0 Å². The first kappa shape index (κ1) is 15.3. The molecule has 2 aliphatic heterocycles. The maximum absolute atomic E-state index is 13.9. The lowest BCUT2D eigenvalue weighted by atomic mass is 10.1. The average Bonchev–Trinajstić information content (AvgIpc) is 3.16. The quantitative estimate of drug-likeness (QED) is 0.926. The van der Waals surface area contributed by atoms with Crippen molar-refractivity contribution in [2.45, 2.75) is 37.8 Å². The summed E-state index contributed by atoms with van der Waals surface area (Å²) in [5, 5.41) is 18.7. The van der Waals surface area contributed by atoms with Gasteiger partial charge in [0.25, 0.3) is 0 Å². The Labute approximate surface area is 130 Å². The van der Waals surface area contributed by atoms with E-state index in [9.17, 15) is 14.8 Å². The molecular formula is C17H22FN3O. The van der Waals surface area contributed by atoms with E-state index in [-0.39, 0.29) is 18.2 Å². The van der Waals surface area contributed by atoms with Crippen molar-refractivity contribution in [1.29, 1.82) is 5.26 Å². The Morgan fingerprint density at radius 2 is 2.00 bits per heavy atom. The zero-order valence-electron chi connectivity index (χ0n) is 12.7. The van der Waals surface area contributed by atoms with Gasteiger partial charge in [-0.3, -0.25) is 4.90 Å². The van der Waals surface area contributed by atoms with Gasteiger partial charge in [-0.2, -0.15) is 5.26 Å². The van der Waals surface area contributed by atoms with E-state index in [0.29, 0.717) is 11.7 Å². The summed E-state index contributed by atoms with van der Waals surface area (Å²) in [7, 11) is 0. The van der Waals surface area contributed by atoms with Gasteiger partial charge in [0.15, 0.2) is 0 Å². The minimum absolute atomic E-state index is 0.148. The normalized spacial score (nSPS) is 25.6. The van der Waals surface area contributed by atoms with E-state index >= 15 is 0 Å². The molecule has 2 heterocycles. The molecule has 4 nitrogen and oxygen atoms in total. The van der Waals surface area contributed by atoms with Crippen LogP contribution in [0.1, 0.15) is 31.2 Å². The molecule has 2 saturated heterocycles. The lowest BCUT2D eigenvalue weighted by Gasteiger charge is -2.33. The summed E-state index contributed by atoms with van der Waals surface area (Å²) in [5.74, 6) is -0.444. The second kappa shape index (κ2) is 6.64. The number of nitriles is 1. The Morgan fingerprint density at radius 3 is 2.77 bits per heavy atom. The van der Waals surface area contributed by atoms with Gasteiger partial charge in [0.05, 0.1) is 12.3 Å². The molecule has 1 aromatic carbocycles. The molecule has 0 unspecified atom stereocenters. The molecule has 5 heteroatoms. The van der Waals surface area contributed by atoms with Gasteiger partial charge in [-0.1, -0.05) is 6.07 Å². The van der Waals surface area contributed by atoms with E-state index in [1.165, 1.54) is 6.07 Å². The molecule has 2 atom stereocenters. The number of hydrogen-bond acceptors (Lipinski definition) is 4. The third kappa shape index (κ3) is 2.81. The molecule has 0 bridgehead atoms. The third-order valence-corrected chi connectivity index (χ3v) is 4.95. The summed E-state index contributed by atoms with van der Waals surface area (Å²) in [5.41, 5.74) is 0.860. The van der Waals surface area contributed by atoms with Crippen LogP contribution in [0.2, 0.25) is 0 Å². The fourth-order valence-electron chi connectivity index (χ4n) is 3.82. The molecular weight excluding hydrogens is 281 g/mol. The van der Waals surface area contributed by atoms with Gasteiger partial charge >= 0.3 is 0 Å².